The molecular formula is C53H65N3O14. The number of aliphatic carboxylic acids is 1. The molecule has 2 bridgehead atoms. The van der Waals surface area contributed by atoms with Gasteiger partial charge in [-0.25, -0.2) is 0 Å². The summed E-state index contributed by atoms with van der Waals surface area (Å²) < 4.78 is 35.3. The van der Waals surface area contributed by atoms with E-state index in [1.165, 1.54) is 0 Å². The smallest absolute Gasteiger partial charge is 0.306 e. The number of carboxylic acids is 1. The Hall–Kier alpha value is -6.30. The number of nitrogens with zero attached hydrogens (tertiary/aromatic N) is 2. The van der Waals surface area contributed by atoms with Gasteiger partial charge in [-0.3, -0.25) is 33.6 Å². The lowest BCUT2D eigenvalue weighted by molar-refractivity contribution is -0.192. The number of rotatable bonds is 27. The Kier molecular flexibility index (Phi) is 17.7. The Bertz CT molecular complexity index is 2160. The molecule has 0 aliphatic carbocycles. The number of likely N-dealkylation sites (tertiary alicyclic amines) is 1. The van der Waals surface area contributed by atoms with Crippen molar-refractivity contribution in [3.8, 4) is 17.2 Å². The highest BCUT2D eigenvalue weighted by molar-refractivity contribution is 6.05. The van der Waals surface area contributed by atoms with Crippen molar-refractivity contribution >= 4 is 35.6 Å². The summed E-state index contributed by atoms with van der Waals surface area (Å²) in [6.45, 7) is 1.60. The summed E-state index contributed by atoms with van der Waals surface area (Å²) in [5.41, 5.74) is 0.495. The predicted octanol–water partition coefficient (Wildman–Crippen LogP) is 6.14. The average molecular weight is 968 g/mol. The molecule has 3 fully saturated rings. The standard InChI is InChI=1S/C53H65N3O14/c1-64-39-18-12-36(13-19-39)53(37-14-20-40(65-2)21-15-37,38-16-22-41(66-3)23-17-38)68-35-52(34-67-47(61)27-26-46(59)60)28-31-55(32-29-52)45(58)11-7-4-8-30-54-44(57)10-6-5-9-33-69-56-50(62)48-42-24-25-43(70-42)49(48)51(56)63/h12-25,42-43,48-49H,4-11,26-35H2,1-3H3,(H,54,57)(H,59,60). The zero-order valence-corrected chi connectivity index (χ0v) is 40.3. The fraction of sp³-hybridized carbons (Fsp3) is 0.509. The van der Waals surface area contributed by atoms with Gasteiger partial charge in [-0.15, -0.1) is 0 Å². The van der Waals surface area contributed by atoms with Crippen LogP contribution in [0, 0.1) is 17.3 Å². The summed E-state index contributed by atoms with van der Waals surface area (Å²) >= 11 is 0. The van der Waals surface area contributed by atoms with Crippen molar-refractivity contribution in [3.05, 3.63) is 102 Å². The number of ether oxygens (including phenoxy) is 6. The van der Waals surface area contributed by atoms with E-state index in [0.717, 1.165) is 34.6 Å². The number of hydrogen-bond acceptors (Lipinski definition) is 13. The second kappa shape index (κ2) is 24.0. The van der Waals surface area contributed by atoms with Gasteiger partial charge in [0.2, 0.25) is 11.8 Å². The number of benzene rings is 3. The van der Waals surface area contributed by atoms with E-state index in [4.69, 9.17) is 33.3 Å². The zero-order valence-electron chi connectivity index (χ0n) is 40.3. The Morgan fingerprint density at radius 1 is 0.671 bits per heavy atom. The number of unbranched alkanes of at least 4 members (excludes halogenated alkanes) is 4. The molecule has 0 aromatic heterocycles. The van der Waals surface area contributed by atoms with Gasteiger partial charge in [-0.1, -0.05) is 61.4 Å². The molecule has 4 amide bonds. The van der Waals surface area contributed by atoms with Crippen molar-refractivity contribution in [2.45, 2.75) is 94.9 Å². The van der Waals surface area contributed by atoms with E-state index in [1.54, 1.807) is 21.3 Å². The van der Waals surface area contributed by atoms with E-state index in [9.17, 15) is 33.9 Å². The highest BCUT2D eigenvalue weighted by Crippen LogP contribution is 2.46. The number of carbonyl (C=O) groups is 6. The molecule has 4 atom stereocenters. The van der Waals surface area contributed by atoms with Crippen LogP contribution in [-0.4, -0.2) is 124 Å². The van der Waals surface area contributed by atoms with Gasteiger partial charge in [-0.2, -0.15) is 5.06 Å². The van der Waals surface area contributed by atoms with Crippen molar-refractivity contribution in [1.29, 1.82) is 0 Å². The maximum atomic E-state index is 13.6. The third-order valence-corrected chi connectivity index (χ3v) is 13.9. The van der Waals surface area contributed by atoms with Crippen molar-refractivity contribution < 1.29 is 67.1 Å². The van der Waals surface area contributed by atoms with Crippen molar-refractivity contribution in [3.63, 3.8) is 0 Å². The Balaban J connectivity index is 0.898. The predicted molar refractivity (Wildman–Crippen MR) is 253 cm³/mol. The van der Waals surface area contributed by atoms with Gasteiger partial charge in [0.15, 0.2) is 0 Å². The number of methoxy groups -OCH3 is 3. The number of imide groups is 1. The van der Waals surface area contributed by atoms with E-state index in [2.05, 4.69) is 5.32 Å². The third kappa shape index (κ3) is 12.2. The van der Waals surface area contributed by atoms with E-state index in [0.29, 0.717) is 88.2 Å². The second-order valence-electron chi connectivity index (χ2n) is 18.4. The fourth-order valence-electron chi connectivity index (χ4n) is 9.74. The average Bonchev–Trinajstić information content (AvgIpc) is 4.08. The quantitative estimate of drug-likeness (QED) is 0.0290. The van der Waals surface area contributed by atoms with Gasteiger partial charge in [0.1, 0.15) is 22.8 Å². The molecule has 3 aromatic carbocycles. The van der Waals surface area contributed by atoms with E-state index >= 15 is 0 Å². The highest BCUT2D eigenvalue weighted by atomic mass is 16.7. The lowest BCUT2D eigenvalue weighted by atomic mass is 9.77. The van der Waals surface area contributed by atoms with Gasteiger partial charge in [-0.05, 0) is 91.6 Å². The van der Waals surface area contributed by atoms with Crippen LogP contribution < -0.4 is 19.5 Å². The van der Waals surface area contributed by atoms with Crippen LogP contribution in [0.25, 0.3) is 0 Å². The number of fused-ring (bicyclic) bond motifs is 5. The van der Waals surface area contributed by atoms with Gasteiger partial charge >= 0.3 is 11.9 Å². The van der Waals surface area contributed by atoms with E-state index in [-0.39, 0.29) is 68.5 Å². The first-order chi connectivity index (χ1) is 33.9. The molecule has 4 heterocycles. The highest BCUT2D eigenvalue weighted by Gasteiger charge is 2.61. The topological polar surface area (TPSA) is 206 Å². The van der Waals surface area contributed by atoms with Crippen molar-refractivity contribution in [2.75, 3.05) is 60.8 Å². The molecule has 0 saturated carbocycles. The fourth-order valence-corrected chi connectivity index (χ4v) is 9.74. The van der Waals surface area contributed by atoms with E-state index in [1.807, 2.05) is 89.8 Å². The molecule has 17 nitrogen and oxygen atoms in total. The van der Waals surface area contributed by atoms with Gasteiger partial charge < -0.3 is 43.7 Å². The second-order valence-corrected chi connectivity index (χ2v) is 18.4. The Morgan fingerprint density at radius 3 is 1.70 bits per heavy atom. The number of amides is 4. The SMILES string of the molecule is COc1ccc(C(OCC2(COC(=O)CCC(=O)O)CCN(C(=O)CCCCCNC(=O)CCCCCON3C(=O)C4C5C=CC(O5)C4C3=O)CC2)(c2ccc(OC)cc2)c2ccc(OC)cc2)cc1. The van der Waals surface area contributed by atoms with Gasteiger partial charge in [0.05, 0.1) is 78.0 Å². The minimum absolute atomic E-state index is 0.0180. The first kappa shape index (κ1) is 51.5. The molecule has 0 spiro atoms. The van der Waals surface area contributed by atoms with Crippen LogP contribution in [0.15, 0.2) is 84.9 Å². The number of piperidine rings is 1. The molecule has 376 valence electrons. The molecule has 4 aliphatic heterocycles. The molecular weight excluding hydrogens is 903 g/mol. The summed E-state index contributed by atoms with van der Waals surface area (Å²) in [4.78, 5) is 83.0. The zero-order chi connectivity index (χ0) is 49.7. The molecule has 4 unspecified atom stereocenters. The lowest BCUT2D eigenvalue weighted by Crippen LogP contribution is -2.49. The van der Waals surface area contributed by atoms with Crippen LogP contribution in [0.1, 0.15) is 93.7 Å². The number of nitrogens with one attached hydrogen (secondary N) is 1. The molecule has 4 aliphatic rings. The van der Waals surface area contributed by atoms with Gasteiger partial charge in [0.25, 0.3) is 11.8 Å². The number of esters is 1. The molecule has 3 aromatic rings. The van der Waals surface area contributed by atoms with Crippen molar-refractivity contribution in [2.24, 2.45) is 17.3 Å². The summed E-state index contributed by atoms with van der Waals surface area (Å²) in [5, 5.41) is 13.1. The Labute approximate surface area is 408 Å². The van der Waals surface area contributed by atoms with Crippen LogP contribution in [0.3, 0.4) is 0 Å². The largest absolute Gasteiger partial charge is 0.497 e. The van der Waals surface area contributed by atoms with Gasteiger partial charge in [0, 0.05) is 37.9 Å². The van der Waals surface area contributed by atoms with Crippen LogP contribution in [0.2, 0.25) is 0 Å². The molecule has 3 saturated heterocycles. The minimum Gasteiger partial charge on any atom is -0.497 e. The molecule has 0 radical (unpaired) electrons. The molecule has 70 heavy (non-hydrogen) atoms. The first-order valence-electron chi connectivity index (χ1n) is 24.2. The lowest BCUT2D eigenvalue weighted by Gasteiger charge is -2.44. The van der Waals surface area contributed by atoms with Crippen LogP contribution >= 0.6 is 0 Å². The molecule has 2 N–H and O–H groups in total. The number of carbonyl (C=O) groups excluding carboxylic acids is 5. The summed E-state index contributed by atoms with van der Waals surface area (Å²) in [6, 6.07) is 22.9. The number of hydrogen-bond donors (Lipinski definition) is 2. The third-order valence-electron chi connectivity index (χ3n) is 13.9. The summed E-state index contributed by atoms with van der Waals surface area (Å²) in [5.74, 6) is -1.44. The first-order valence-corrected chi connectivity index (χ1v) is 24.2. The summed E-state index contributed by atoms with van der Waals surface area (Å²) in [6.07, 6.45) is 8.03. The van der Waals surface area contributed by atoms with E-state index < -0.39 is 34.8 Å². The Morgan fingerprint density at radius 2 is 1.19 bits per heavy atom. The number of hydroxylamine groups is 2. The number of carboxylic acid groups (broad SMARTS) is 1. The molecule has 17 heteroatoms. The maximum absolute atomic E-state index is 13.6. The molecule has 7 rings (SSSR count). The summed E-state index contributed by atoms with van der Waals surface area (Å²) in [7, 11) is 4.81. The monoisotopic (exact) mass is 967 g/mol. The van der Waals surface area contributed by atoms with Crippen LogP contribution in [0.5, 0.6) is 17.2 Å². The van der Waals surface area contributed by atoms with Crippen LogP contribution in [0.4, 0.5) is 0 Å². The minimum atomic E-state index is -1.19. The maximum Gasteiger partial charge on any atom is 0.306 e. The van der Waals surface area contributed by atoms with Crippen molar-refractivity contribution in [1.82, 2.24) is 15.3 Å². The van der Waals surface area contributed by atoms with Crippen LogP contribution in [-0.2, 0) is 53.4 Å². The normalized spacial score (nSPS) is 20.0.